The van der Waals surface area contributed by atoms with Gasteiger partial charge in [-0.3, -0.25) is 4.79 Å². The van der Waals surface area contributed by atoms with Crippen molar-refractivity contribution < 1.29 is 13.6 Å². The van der Waals surface area contributed by atoms with Crippen molar-refractivity contribution in [2.45, 2.75) is 13.0 Å². The number of aromatic nitrogens is 3. The van der Waals surface area contributed by atoms with E-state index in [0.29, 0.717) is 5.69 Å². The summed E-state index contributed by atoms with van der Waals surface area (Å²) < 4.78 is 23.2. The van der Waals surface area contributed by atoms with E-state index in [1.165, 1.54) is 6.20 Å². The van der Waals surface area contributed by atoms with Crippen molar-refractivity contribution in [3.8, 4) is 0 Å². The van der Waals surface area contributed by atoms with Crippen molar-refractivity contribution in [2.75, 3.05) is 0 Å². The number of H-pyrrole nitrogens is 1. The Balaban J connectivity index is 2.32. The lowest BCUT2D eigenvalue weighted by Gasteiger charge is -1.99. The summed E-state index contributed by atoms with van der Waals surface area (Å²) in [6.07, 6.45) is -1.65. The Bertz CT molecular complexity index is 248. The lowest BCUT2D eigenvalue weighted by atomic mass is 10.4. The van der Waals surface area contributed by atoms with Crippen molar-refractivity contribution in [1.29, 1.82) is 0 Å². The molecular weight excluding hydrogens is 170 g/mol. The summed E-state index contributed by atoms with van der Waals surface area (Å²) >= 11 is 0. The lowest BCUT2D eigenvalue weighted by molar-refractivity contribution is -0.131. The van der Waals surface area contributed by atoms with E-state index in [4.69, 9.17) is 0 Å². The van der Waals surface area contributed by atoms with Gasteiger partial charge in [0.25, 0.3) is 5.91 Å². The van der Waals surface area contributed by atoms with E-state index < -0.39 is 12.3 Å². The third-order valence-electron chi connectivity index (χ3n) is 1.11. The average molecular weight is 176 g/mol. The summed E-state index contributed by atoms with van der Waals surface area (Å²) in [7, 11) is 0. The normalized spacial score (nSPS) is 10.2. The highest BCUT2D eigenvalue weighted by atomic mass is 19.3. The maximum absolute atomic E-state index is 11.6. The Labute approximate surface area is 66.2 Å². The number of hydrogen-bond acceptors (Lipinski definition) is 3. The number of nitrogens with zero attached hydrogens (tertiary/aromatic N) is 2. The highest BCUT2D eigenvalue weighted by Crippen LogP contribution is 1.93. The summed E-state index contributed by atoms with van der Waals surface area (Å²) in [6, 6.07) is 0. The number of hydrogen-bond donors (Lipinski definition) is 2. The summed E-state index contributed by atoms with van der Waals surface area (Å²) in [6.45, 7) is -0.0420. The second-order valence-electron chi connectivity index (χ2n) is 1.98. The van der Waals surface area contributed by atoms with Gasteiger partial charge in [0.1, 0.15) is 5.69 Å². The molecule has 1 rings (SSSR count). The number of nitrogens with one attached hydrogen (secondary N) is 2. The van der Waals surface area contributed by atoms with Crippen molar-refractivity contribution in [1.82, 2.24) is 20.7 Å². The monoisotopic (exact) mass is 176 g/mol. The van der Waals surface area contributed by atoms with Crippen molar-refractivity contribution >= 4 is 5.91 Å². The molecule has 0 aliphatic carbocycles. The highest BCUT2D eigenvalue weighted by Gasteiger charge is 2.14. The smallest absolute Gasteiger partial charge is 0.315 e. The molecule has 0 bridgehead atoms. The van der Waals surface area contributed by atoms with Crippen LogP contribution >= 0.6 is 0 Å². The fourth-order valence-corrected chi connectivity index (χ4v) is 0.565. The Morgan fingerprint density at radius 2 is 2.50 bits per heavy atom. The molecule has 0 aromatic carbocycles. The highest BCUT2D eigenvalue weighted by molar-refractivity contribution is 5.78. The average Bonchev–Trinajstić information content (AvgIpc) is 2.51. The van der Waals surface area contributed by atoms with Gasteiger partial charge in [0.15, 0.2) is 0 Å². The van der Waals surface area contributed by atoms with E-state index in [1.54, 1.807) is 0 Å². The molecule has 0 unspecified atom stereocenters. The zero-order valence-electron chi connectivity index (χ0n) is 5.92. The predicted octanol–water partition coefficient (Wildman–Crippen LogP) is -0.314. The van der Waals surface area contributed by atoms with Crippen molar-refractivity contribution in [3.63, 3.8) is 0 Å². The molecule has 0 radical (unpaired) electrons. The Morgan fingerprint density at radius 1 is 1.75 bits per heavy atom. The summed E-state index contributed by atoms with van der Waals surface area (Å²) in [4.78, 5) is 10.3. The lowest BCUT2D eigenvalue weighted by Crippen LogP contribution is -2.28. The van der Waals surface area contributed by atoms with Gasteiger partial charge in [0, 0.05) is 0 Å². The number of carbonyl (C=O) groups is 1. The van der Waals surface area contributed by atoms with Gasteiger partial charge in [0.2, 0.25) is 0 Å². The minimum absolute atomic E-state index is 0.0420. The quantitative estimate of drug-likeness (QED) is 0.663. The Kier molecular flexibility index (Phi) is 2.67. The fourth-order valence-electron chi connectivity index (χ4n) is 0.565. The van der Waals surface area contributed by atoms with Crippen molar-refractivity contribution in [2.24, 2.45) is 0 Å². The predicted molar refractivity (Wildman–Crippen MR) is 34.2 cm³/mol. The SMILES string of the molecule is O=C(NCc1cn[nH]n1)C(F)F. The second-order valence-corrected chi connectivity index (χ2v) is 1.98. The molecule has 0 saturated heterocycles. The molecule has 5 nitrogen and oxygen atoms in total. The summed E-state index contributed by atoms with van der Waals surface area (Å²) in [5, 5.41) is 11.2. The van der Waals surface area contributed by atoms with Crippen LogP contribution in [0.1, 0.15) is 5.69 Å². The number of rotatable bonds is 3. The van der Waals surface area contributed by atoms with Crippen LogP contribution in [0.15, 0.2) is 6.20 Å². The summed E-state index contributed by atoms with van der Waals surface area (Å²) in [5.41, 5.74) is 0.406. The topological polar surface area (TPSA) is 70.7 Å². The molecule has 0 saturated carbocycles. The van der Waals surface area contributed by atoms with Crippen LogP contribution in [0.5, 0.6) is 0 Å². The van der Waals surface area contributed by atoms with E-state index >= 15 is 0 Å². The van der Waals surface area contributed by atoms with Crippen molar-refractivity contribution in [3.05, 3.63) is 11.9 Å². The van der Waals surface area contributed by atoms with E-state index in [9.17, 15) is 13.6 Å². The maximum atomic E-state index is 11.6. The third kappa shape index (κ3) is 2.26. The number of carbonyl (C=O) groups excluding carboxylic acids is 1. The van der Waals surface area contributed by atoms with Crippen LogP contribution in [0.2, 0.25) is 0 Å². The van der Waals surface area contributed by atoms with Crippen LogP contribution in [0, 0.1) is 0 Å². The van der Waals surface area contributed by atoms with E-state index in [-0.39, 0.29) is 6.54 Å². The molecule has 0 fully saturated rings. The van der Waals surface area contributed by atoms with Gasteiger partial charge < -0.3 is 5.32 Å². The van der Waals surface area contributed by atoms with Gasteiger partial charge in [-0.05, 0) is 0 Å². The Morgan fingerprint density at radius 3 is 3.00 bits per heavy atom. The molecule has 12 heavy (non-hydrogen) atoms. The molecule has 0 aliphatic rings. The zero-order chi connectivity index (χ0) is 8.97. The maximum Gasteiger partial charge on any atom is 0.315 e. The first kappa shape index (κ1) is 8.57. The van der Waals surface area contributed by atoms with Crippen LogP contribution in [-0.2, 0) is 11.3 Å². The number of halogens is 2. The van der Waals surface area contributed by atoms with Crippen LogP contribution in [-0.4, -0.2) is 27.7 Å². The molecule has 66 valence electrons. The minimum atomic E-state index is -2.99. The van der Waals surface area contributed by atoms with Crippen LogP contribution in [0.25, 0.3) is 0 Å². The first-order valence-electron chi connectivity index (χ1n) is 3.10. The Hall–Kier alpha value is -1.53. The molecule has 0 atom stereocenters. The van der Waals surface area contributed by atoms with Gasteiger partial charge in [-0.15, -0.1) is 0 Å². The first-order valence-corrected chi connectivity index (χ1v) is 3.10. The third-order valence-corrected chi connectivity index (χ3v) is 1.11. The van der Waals surface area contributed by atoms with E-state index in [0.717, 1.165) is 0 Å². The fraction of sp³-hybridized carbons (Fsp3) is 0.400. The zero-order valence-corrected chi connectivity index (χ0v) is 5.92. The van der Waals surface area contributed by atoms with Gasteiger partial charge >= 0.3 is 6.43 Å². The van der Waals surface area contributed by atoms with Crippen LogP contribution in [0.3, 0.4) is 0 Å². The molecular formula is C5H6F2N4O. The molecule has 2 N–H and O–H groups in total. The number of amides is 1. The molecule has 0 spiro atoms. The molecule has 1 aromatic heterocycles. The van der Waals surface area contributed by atoms with E-state index in [1.807, 2.05) is 5.32 Å². The van der Waals surface area contributed by atoms with Gasteiger partial charge in [-0.2, -0.15) is 24.2 Å². The van der Waals surface area contributed by atoms with Crippen LogP contribution in [0.4, 0.5) is 8.78 Å². The summed E-state index contributed by atoms with van der Waals surface area (Å²) in [5.74, 6) is -1.31. The largest absolute Gasteiger partial charge is 0.345 e. The first-order chi connectivity index (χ1) is 5.70. The van der Waals surface area contributed by atoms with Gasteiger partial charge in [-0.25, -0.2) is 0 Å². The molecule has 0 aliphatic heterocycles. The van der Waals surface area contributed by atoms with E-state index in [2.05, 4.69) is 15.4 Å². The molecule has 7 heteroatoms. The number of aromatic amines is 1. The van der Waals surface area contributed by atoms with Gasteiger partial charge in [-0.1, -0.05) is 0 Å². The number of alkyl halides is 2. The van der Waals surface area contributed by atoms with Gasteiger partial charge in [0.05, 0.1) is 12.7 Å². The van der Waals surface area contributed by atoms with Crippen LogP contribution < -0.4 is 5.32 Å². The molecule has 1 heterocycles. The standard InChI is InChI=1S/C5H6F2N4O/c6-4(7)5(12)8-1-3-2-9-11-10-3/h2,4H,1H2,(H,8,12)(H,9,10,11). The molecule has 1 amide bonds. The second kappa shape index (κ2) is 3.74. The molecule has 1 aromatic rings. The minimum Gasteiger partial charge on any atom is -0.345 e.